The Labute approximate surface area is 86.7 Å². The van der Waals surface area contributed by atoms with Crippen LogP contribution in [-0.2, 0) is 10.5 Å². The van der Waals surface area contributed by atoms with Gasteiger partial charge < -0.3 is 9.63 Å². The zero-order valence-electron chi connectivity index (χ0n) is 8.19. The van der Waals surface area contributed by atoms with Crippen molar-refractivity contribution in [3.05, 3.63) is 17.5 Å². The molecule has 0 fully saturated rings. The Bertz CT molecular complexity index is 311. The minimum Gasteiger partial charge on any atom is -0.481 e. The Kier molecular flexibility index (Phi) is 4.00. The van der Waals surface area contributed by atoms with Gasteiger partial charge >= 0.3 is 5.97 Å². The highest BCUT2D eigenvalue weighted by Crippen LogP contribution is 2.19. The lowest BCUT2D eigenvalue weighted by atomic mass is 10.3. The first-order valence-electron chi connectivity index (χ1n) is 4.33. The van der Waals surface area contributed by atoms with Gasteiger partial charge in [-0.25, -0.2) is 0 Å². The van der Waals surface area contributed by atoms with E-state index in [9.17, 15) is 4.79 Å². The monoisotopic (exact) mass is 215 g/mol. The van der Waals surface area contributed by atoms with E-state index in [-0.39, 0.29) is 11.7 Å². The molecule has 0 amide bonds. The van der Waals surface area contributed by atoms with Gasteiger partial charge in [-0.05, 0) is 6.92 Å². The molecule has 1 N–H and O–H groups in total. The van der Waals surface area contributed by atoms with E-state index in [0.29, 0.717) is 5.75 Å². The normalized spacial score (nSPS) is 12.7. The number of carboxylic acid groups (broad SMARTS) is 1. The molecule has 1 rings (SSSR count). The summed E-state index contributed by atoms with van der Waals surface area (Å²) in [6, 6.07) is 1.86. The Morgan fingerprint density at radius 3 is 3.00 bits per heavy atom. The number of carbonyl (C=O) groups is 1. The van der Waals surface area contributed by atoms with E-state index < -0.39 is 5.97 Å². The standard InChI is InChI=1S/C9H13NO3S/c1-6-3-8(10-13-6)5-14-7(2)4-9(11)12/h3,7H,4-5H2,1-2H3,(H,11,12). The zero-order chi connectivity index (χ0) is 10.6. The fourth-order valence-corrected chi connectivity index (χ4v) is 1.87. The van der Waals surface area contributed by atoms with Gasteiger partial charge in [0.2, 0.25) is 0 Å². The predicted octanol–water partition coefficient (Wildman–Crippen LogP) is 2.08. The number of carboxylic acids is 1. The molecule has 1 aromatic heterocycles. The first-order chi connectivity index (χ1) is 6.58. The van der Waals surface area contributed by atoms with E-state index in [4.69, 9.17) is 9.63 Å². The minimum atomic E-state index is -0.763. The second-order valence-electron chi connectivity index (χ2n) is 3.15. The van der Waals surface area contributed by atoms with Crippen LogP contribution in [0.1, 0.15) is 24.8 Å². The quantitative estimate of drug-likeness (QED) is 0.814. The van der Waals surface area contributed by atoms with Crippen molar-refractivity contribution >= 4 is 17.7 Å². The smallest absolute Gasteiger partial charge is 0.304 e. The Hall–Kier alpha value is -0.970. The zero-order valence-corrected chi connectivity index (χ0v) is 9.00. The van der Waals surface area contributed by atoms with Gasteiger partial charge in [-0.3, -0.25) is 4.79 Å². The highest BCUT2D eigenvalue weighted by atomic mass is 32.2. The summed E-state index contributed by atoms with van der Waals surface area (Å²) in [6.45, 7) is 3.73. The van der Waals surface area contributed by atoms with Gasteiger partial charge in [0, 0.05) is 17.1 Å². The number of rotatable bonds is 5. The van der Waals surface area contributed by atoms with Crippen molar-refractivity contribution in [2.45, 2.75) is 31.3 Å². The number of aliphatic carboxylic acids is 1. The molecule has 0 saturated heterocycles. The van der Waals surface area contributed by atoms with Gasteiger partial charge in [0.25, 0.3) is 0 Å². The average molecular weight is 215 g/mol. The van der Waals surface area contributed by atoms with Gasteiger partial charge in [0.1, 0.15) is 5.76 Å². The van der Waals surface area contributed by atoms with Crippen LogP contribution in [0.3, 0.4) is 0 Å². The molecule has 1 unspecified atom stereocenters. The Balaban J connectivity index is 2.30. The van der Waals surface area contributed by atoms with Crippen molar-refractivity contribution in [3.8, 4) is 0 Å². The number of nitrogens with zero attached hydrogens (tertiary/aromatic N) is 1. The molecule has 1 atom stereocenters. The summed E-state index contributed by atoms with van der Waals surface area (Å²) in [6.07, 6.45) is 0.182. The van der Waals surface area contributed by atoms with Crippen LogP contribution in [0.2, 0.25) is 0 Å². The first kappa shape index (κ1) is 11.1. The molecule has 0 aliphatic carbocycles. The van der Waals surface area contributed by atoms with Crippen molar-refractivity contribution in [1.29, 1.82) is 0 Å². The van der Waals surface area contributed by atoms with Crippen LogP contribution < -0.4 is 0 Å². The lowest BCUT2D eigenvalue weighted by Gasteiger charge is -2.05. The maximum atomic E-state index is 10.4. The third kappa shape index (κ3) is 3.83. The van der Waals surface area contributed by atoms with Crippen molar-refractivity contribution in [3.63, 3.8) is 0 Å². The van der Waals surface area contributed by atoms with Crippen LogP contribution in [-0.4, -0.2) is 21.5 Å². The SMILES string of the molecule is Cc1cc(CSC(C)CC(=O)O)no1. The van der Waals surface area contributed by atoms with Gasteiger partial charge in [-0.15, -0.1) is 0 Å². The summed E-state index contributed by atoms with van der Waals surface area (Å²) in [4.78, 5) is 10.4. The van der Waals surface area contributed by atoms with Crippen molar-refractivity contribution in [1.82, 2.24) is 5.16 Å². The third-order valence-electron chi connectivity index (χ3n) is 1.65. The molecule has 0 radical (unpaired) electrons. The minimum absolute atomic E-state index is 0.101. The molecule has 0 spiro atoms. The van der Waals surface area contributed by atoms with E-state index in [1.54, 1.807) is 11.8 Å². The molecule has 0 aliphatic rings. The van der Waals surface area contributed by atoms with Crippen molar-refractivity contribution < 1.29 is 14.4 Å². The molecule has 0 bridgehead atoms. The van der Waals surface area contributed by atoms with Gasteiger partial charge in [-0.1, -0.05) is 12.1 Å². The molecule has 0 saturated carbocycles. The van der Waals surface area contributed by atoms with Crippen LogP contribution in [0, 0.1) is 6.92 Å². The van der Waals surface area contributed by atoms with E-state index in [1.807, 2.05) is 19.9 Å². The highest BCUT2D eigenvalue weighted by Gasteiger charge is 2.09. The number of aryl methyl sites for hydroxylation is 1. The third-order valence-corrected chi connectivity index (χ3v) is 2.85. The van der Waals surface area contributed by atoms with E-state index in [2.05, 4.69) is 5.16 Å². The molecule has 1 heterocycles. The molecule has 14 heavy (non-hydrogen) atoms. The first-order valence-corrected chi connectivity index (χ1v) is 5.38. The Morgan fingerprint density at radius 2 is 2.50 bits per heavy atom. The van der Waals surface area contributed by atoms with Crippen LogP contribution in [0.4, 0.5) is 0 Å². The van der Waals surface area contributed by atoms with E-state index in [0.717, 1.165) is 11.5 Å². The Morgan fingerprint density at radius 1 is 1.79 bits per heavy atom. The van der Waals surface area contributed by atoms with Gasteiger partial charge in [0.15, 0.2) is 0 Å². The summed E-state index contributed by atoms with van der Waals surface area (Å²) in [7, 11) is 0. The van der Waals surface area contributed by atoms with Crippen LogP contribution in [0.25, 0.3) is 0 Å². The fourth-order valence-electron chi connectivity index (χ4n) is 1.02. The number of thioether (sulfide) groups is 1. The number of hydrogen-bond donors (Lipinski definition) is 1. The highest BCUT2D eigenvalue weighted by molar-refractivity contribution is 7.99. The maximum Gasteiger partial charge on any atom is 0.304 e. The number of hydrogen-bond acceptors (Lipinski definition) is 4. The van der Waals surface area contributed by atoms with Gasteiger partial charge in [-0.2, -0.15) is 11.8 Å². The molecule has 5 heteroatoms. The predicted molar refractivity (Wildman–Crippen MR) is 54.2 cm³/mol. The van der Waals surface area contributed by atoms with E-state index >= 15 is 0 Å². The van der Waals surface area contributed by atoms with Crippen LogP contribution in [0.15, 0.2) is 10.6 Å². The topological polar surface area (TPSA) is 63.3 Å². The summed E-state index contributed by atoms with van der Waals surface area (Å²) in [5.41, 5.74) is 0.865. The second-order valence-corrected chi connectivity index (χ2v) is 4.58. The fraction of sp³-hybridized carbons (Fsp3) is 0.556. The van der Waals surface area contributed by atoms with Crippen LogP contribution >= 0.6 is 11.8 Å². The molecule has 4 nitrogen and oxygen atoms in total. The summed E-state index contributed by atoms with van der Waals surface area (Å²) in [5, 5.41) is 12.5. The van der Waals surface area contributed by atoms with Crippen LogP contribution in [0.5, 0.6) is 0 Å². The molecule has 1 aromatic rings. The molecule has 0 aliphatic heterocycles. The summed E-state index contributed by atoms with van der Waals surface area (Å²) < 4.78 is 4.90. The van der Waals surface area contributed by atoms with E-state index in [1.165, 1.54) is 0 Å². The molecule has 78 valence electrons. The van der Waals surface area contributed by atoms with Crippen molar-refractivity contribution in [2.24, 2.45) is 0 Å². The number of aromatic nitrogens is 1. The molecular weight excluding hydrogens is 202 g/mol. The molecule has 0 aromatic carbocycles. The largest absolute Gasteiger partial charge is 0.481 e. The van der Waals surface area contributed by atoms with Gasteiger partial charge in [0.05, 0.1) is 12.1 Å². The lowest BCUT2D eigenvalue weighted by molar-refractivity contribution is -0.136. The molecular formula is C9H13NO3S. The maximum absolute atomic E-state index is 10.4. The van der Waals surface area contributed by atoms with Crippen molar-refractivity contribution in [2.75, 3.05) is 0 Å². The average Bonchev–Trinajstić information content (AvgIpc) is 2.47. The lowest BCUT2D eigenvalue weighted by Crippen LogP contribution is -2.05. The second kappa shape index (κ2) is 5.05. The summed E-state index contributed by atoms with van der Waals surface area (Å²) >= 11 is 1.57. The summed E-state index contributed by atoms with van der Waals surface area (Å²) in [5.74, 6) is 0.721.